The molecule has 1 aromatic heterocycles. The van der Waals surface area contributed by atoms with Gasteiger partial charge in [0.2, 0.25) is 5.91 Å². The first kappa shape index (κ1) is 16.0. The zero-order valence-corrected chi connectivity index (χ0v) is 13.9. The van der Waals surface area contributed by atoms with E-state index in [9.17, 15) is 9.90 Å². The topological polar surface area (TPSA) is 78.0 Å². The number of carbonyl (C=O) groups is 1. The van der Waals surface area contributed by atoms with Crippen LogP contribution in [0.15, 0.2) is 12.1 Å². The maximum atomic E-state index is 12.1. The fourth-order valence-electron chi connectivity index (χ4n) is 3.29. The lowest BCUT2D eigenvalue weighted by atomic mass is 9.87. The molecule has 0 unspecified atom stereocenters. The molecule has 1 aliphatic carbocycles. The molecule has 5 nitrogen and oxygen atoms in total. The van der Waals surface area contributed by atoms with Crippen LogP contribution in [0, 0.1) is 19.8 Å². The Kier molecular flexibility index (Phi) is 4.66. The largest absolute Gasteiger partial charge is 0.393 e. The van der Waals surface area contributed by atoms with Crippen LogP contribution in [-0.2, 0) is 11.2 Å². The van der Waals surface area contributed by atoms with E-state index in [-0.39, 0.29) is 17.9 Å². The van der Waals surface area contributed by atoms with Gasteiger partial charge in [-0.15, -0.1) is 0 Å². The molecule has 0 saturated heterocycles. The van der Waals surface area contributed by atoms with Gasteiger partial charge >= 0.3 is 0 Å². The number of aliphatic hydroxyl groups is 1. The number of aromatic nitrogens is 2. The van der Waals surface area contributed by atoms with Gasteiger partial charge in [-0.05, 0) is 56.4 Å². The Labute approximate surface area is 136 Å². The minimum absolute atomic E-state index is 0.0419. The second-order valence-electron chi connectivity index (χ2n) is 6.70. The normalized spacial score (nSPS) is 21.5. The number of benzene rings is 1. The molecule has 0 spiro atoms. The second kappa shape index (κ2) is 6.71. The fourth-order valence-corrected chi connectivity index (χ4v) is 3.29. The SMILES string of the molecule is Cc1cc2nc(CCNC(=O)[C@@H]3CCC[C@@H](O)C3)[nH]c2cc1C. The van der Waals surface area contributed by atoms with Crippen LogP contribution in [0.3, 0.4) is 0 Å². The third-order valence-corrected chi connectivity index (χ3v) is 4.82. The Morgan fingerprint density at radius 2 is 2.13 bits per heavy atom. The number of nitrogens with one attached hydrogen (secondary N) is 2. The molecule has 5 heteroatoms. The molecule has 0 bridgehead atoms. The van der Waals surface area contributed by atoms with Crippen molar-refractivity contribution in [3.63, 3.8) is 0 Å². The molecule has 3 rings (SSSR count). The number of fused-ring (bicyclic) bond motifs is 1. The smallest absolute Gasteiger partial charge is 0.223 e. The van der Waals surface area contributed by atoms with E-state index >= 15 is 0 Å². The first-order valence-electron chi connectivity index (χ1n) is 8.44. The lowest BCUT2D eigenvalue weighted by molar-refractivity contribution is -0.127. The molecular formula is C18H25N3O2. The number of rotatable bonds is 4. The van der Waals surface area contributed by atoms with Crippen LogP contribution in [0.1, 0.15) is 42.6 Å². The number of carbonyl (C=O) groups excluding carboxylic acids is 1. The Hall–Kier alpha value is -1.88. The lowest BCUT2D eigenvalue weighted by Crippen LogP contribution is -2.36. The number of nitrogens with zero attached hydrogens (tertiary/aromatic N) is 1. The van der Waals surface area contributed by atoms with Crippen molar-refractivity contribution in [2.75, 3.05) is 6.54 Å². The third kappa shape index (κ3) is 3.72. The molecule has 0 radical (unpaired) electrons. The van der Waals surface area contributed by atoms with Crippen molar-refractivity contribution in [1.29, 1.82) is 0 Å². The number of aryl methyl sites for hydroxylation is 2. The average molecular weight is 315 g/mol. The second-order valence-corrected chi connectivity index (χ2v) is 6.70. The van der Waals surface area contributed by atoms with Crippen LogP contribution in [-0.4, -0.2) is 33.6 Å². The maximum absolute atomic E-state index is 12.1. The van der Waals surface area contributed by atoms with Gasteiger partial charge < -0.3 is 15.4 Å². The number of hydrogen-bond acceptors (Lipinski definition) is 3. The van der Waals surface area contributed by atoms with E-state index in [4.69, 9.17) is 0 Å². The summed E-state index contributed by atoms with van der Waals surface area (Å²) in [6, 6.07) is 4.20. The molecule has 1 saturated carbocycles. The van der Waals surface area contributed by atoms with Gasteiger partial charge in [-0.1, -0.05) is 6.42 Å². The van der Waals surface area contributed by atoms with Crippen molar-refractivity contribution >= 4 is 16.9 Å². The molecule has 124 valence electrons. The van der Waals surface area contributed by atoms with E-state index in [1.54, 1.807) is 0 Å². The summed E-state index contributed by atoms with van der Waals surface area (Å²) in [5, 5.41) is 12.6. The predicted molar refractivity (Wildman–Crippen MR) is 90.2 cm³/mol. The standard InChI is InChI=1S/C18H25N3O2/c1-11-8-15-16(9-12(11)2)21-17(20-15)6-7-19-18(23)13-4-3-5-14(22)10-13/h8-9,13-14,22H,3-7,10H2,1-2H3,(H,19,23)(H,20,21)/t13-,14-/m1/s1. The van der Waals surface area contributed by atoms with E-state index in [0.717, 1.165) is 36.1 Å². The first-order chi connectivity index (χ1) is 11.0. The monoisotopic (exact) mass is 315 g/mol. The van der Waals surface area contributed by atoms with Crippen molar-refractivity contribution < 1.29 is 9.90 Å². The summed E-state index contributed by atoms with van der Waals surface area (Å²) in [4.78, 5) is 20.1. The Balaban J connectivity index is 1.55. The number of H-pyrrole nitrogens is 1. The van der Waals surface area contributed by atoms with Crippen molar-refractivity contribution in [3.05, 3.63) is 29.1 Å². The van der Waals surface area contributed by atoms with E-state index < -0.39 is 0 Å². The summed E-state index contributed by atoms with van der Waals surface area (Å²) in [6.45, 7) is 4.75. The van der Waals surface area contributed by atoms with E-state index in [1.165, 1.54) is 11.1 Å². The van der Waals surface area contributed by atoms with Crippen LogP contribution in [0.4, 0.5) is 0 Å². The Morgan fingerprint density at radius 1 is 1.35 bits per heavy atom. The van der Waals surface area contributed by atoms with Crippen LogP contribution < -0.4 is 5.32 Å². The molecular weight excluding hydrogens is 290 g/mol. The lowest BCUT2D eigenvalue weighted by Gasteiger charge is -2.24. The fraction of sp³-hybridized carbons (Fsp3) is 0.556. The maximum Gasteiger partial charge on any atom is 0.223 e. The number of imidazole rings is 1. The van der Waals surface area contributed by atoms with Gasteiger partial charge in [-0.3, -0.25) is 4.79 Å². The Morgan fingerprint density at radius 3 is 2.91 bits per heavy atom. The van der Waals surface area contributed by atoms with Gasteiger partial charge in [0, 0.05) is 18.9 Å². The molecule has 1 heterocycles. The predicted octanol–water partition coefficient (Wildman–Crippen LogP) is 2.39. The number of hydrogen-bond donors (Lipinski definition) is 3. The summed E-state index contributed by atoms with van der Waals surface area (Å²) < 4.78 is 0. The van der Waals surface area contributed by atoms with E-state index in [1.807, 2.05) is 0 Å². The molecule has 1 amide bonds. The average Bonchev–Trinajstić information content (AvgIpc) is 2.89. The highest BCUT2D eigenvalue weighted by Crippen LogP contribution is 2.24. The quantitative estimate of drug-likeness (QED) is 0.810. The molecule has 1 fully saturated rings. The highest BCUT2D eigenvalue weighted by atomic mass is 16.3. The van der Waals surface area contributed by atoms with Crippen LogP contribution in [0.25, 0.3) is 11.0 Å². The van der Waals surface area contributed by atoms with Crippen molar-refractivity contribution in [2.24, 2.45) is 5.92 Å². The van der Waals surface area contributed by atoms with Gasteiger partial charge in [0.1, 0.15) is 5.82 Å². The van der Waals surface area contributed by atoms with Crippen LogP contribution >= 0.6 is 0 Å². The third-order valence-electron chi connectivity index (χ3n) is 4.82. The Bertz CT molecular complexity index is 669. The van der Waals surface area contributed by atoms with Crippen LogP contribution in [0.5, 0.6) is 0 Å². The molecule has 2 atom stereocenters. The highest BCUT2D eigenvalue weighted by Gasteiger charge is 2.25. The molecule has 23 heavy (non-hydrogen) atoms. The molecule has 1 aromatic carbocycles. The highest BCUT2D eigenvalue weighted by molar-refractivity contribution is 5.79. The molecule has 3 N–H and O–H groups in total. The summed E-state index contributed by atoms with van der Waals surface area (Å²) in [6.07, 6.45) is 3.60. The van der Waals surface area contributed by atoms with E-state index in [2.05, 4.69) is 41.3 Å². The molecule has 1 aliphatic rings. The van der Waals surface area contributed by atoms with Gasteiger partial charge in [-0.25, -0.2) is 4.98 Å². The summed E-state index contributed by atoms with van der Waals surface area (Å²) in [7, 11) is 0. The van der Waals surface area contributed by atoms with Crippen molar-refractivity contribution in [3.8, 4) is 0 Å². The number of amides is 1. The minimum Gasteiger partial charge on any atom is -0.393 e. The molecule has 0 aliphatic heterocycles. The van der Waals surface area contributed by atoms with Crippen molar-refractivity contribution in [1.82, 2.24) is 15.3 Å². The number of aliphatic hydroxyl groups excluding tert-OH is 1. The zero-order chi connectivity index (χ0) is 16.4. The molecule has 2 aromatic rings. The van der Waals surface area contributed by atoms with Gasteiger partial charge in [0.15, 0.2) is 0 Å². The summed E-state index contributed by atoms with van der Waals surface area (Å²) in [5.74, 6) is 0.917. The number of aromatic amines is 1. The zero-order valence-electron chi connectivity index (χ0n) is 13.9. The van der Waals surface area contributed by atoms with Crippen LogP contribution in [0.2, 0.25) is 0 Å². The summed E-state index contributed by atoms with van der Waals surface area (Å²) >= 11 is 0. The van der Waals surface area contributed by atoms with E-state index in [0.29, 0.717) is 19.4 Å². The van der Waals surface area contributed by atoms with Gasteiger partial charge in [0.05, 0.1) is 17.1 Å². The van der Waals surface area contributed by atoms with Gasteiger partial charge in [-0.2, -0.15) is 0 Å². The minimum atomic E-state index is -0.318. The van der Waals surface area contributed by atoms with Crippen molar-refractivity contribution in [2.45, 2.75) is 52.1 Å². The van der Waals surface area contributed by atoms with Gasteiger partial charge in [0.25, 0.3) is 0 Å². The summed E-state index contributed by atoms with van der Waals surface area (Å²) in [5.41, 5.74) is 4.51. The first-order valence-corrected chi connectivity index (χ1v) is 8.44.